The molecule has 144 valence electrons. The zero-order valence-corrected chi connectivity index (χ0v) is 16.6. The number of carbonyl (C=O) groups excluding carboxylic acids is 1. The molecule has 0 aromatic heterocycles. The minimum Gasteiger partial charge on any atom is -0.494 e. The largest absolute Gasteiger partial charge is 0.494 e. The predicted molar refractivity (Wildman–Crippen MR) is 112 cm³/mol. The molecular formula is C23H30N2O2. The molecule has 0 heterocycles. The van der Waals surface area contributed by atoms with Crippen molar-refractivity contribution in [1.29, 1.82) is 0 Å². The number of nitrogens with zero attached hydrogens (tertiary/aromatic N) is 1. The summed E-state index contributed by atoms with van der Waals surface area (Å²) in [5.41, 5.74) is 5.35. The third kappa shape index (κ3) is 7.26. The number of carbonyl (C=O) groups is 1. The van der Waals surface area contributed by atoms with Crippen molar-refractivity contribution < 1.29 is 9.53 Å². The summed E-state index contributed by atoms with van der Waals surface area (Å²) in [4.78, 5) is 12.2. The lowest BCUT2D eigenvalue weighted by Crippen LogP contribution is -2.17. The summed E-state index contributed by atoms with van der Waals surface area (Å²) in [6.07, 6.45) is 6.36. The lowest BCUT2D eigenvalue weighted by Gasteiger charge is -2.07. The fraction of sp³-hybridized carbons (Fsp3) is 0.391. The summed E-state index contributed by atoms with van der Waals surface area (Å²) in [7, 11) is 0. The first-order valence-corrected chi connectivity index (χ1v) is 9.76. The molecule has 27 heavy (non-hydrogen) atoms. The van der Waals surface area contributed by atoms with Crippen LogP contribution in [0.3, 0.4) is 0 Å². The van der Waals surface area contributed by atoms with Crippen LogP contribution in [0.1, 0.15) is 73.9 Å². The van der Waals surface area contributed by atoms with Gasteiger partial charge >= 0.3 is 0 Å². The van der Waals surface area contributed by atoms with E-state index in [4.69, 9.17) is 4.74 Å². The molecule has 0 spiro atoms. The number of ether oxygens (including phenoxy) is 1. The van der Waals surface area contributed by atoms with E-state index in [-0.39, 0.29) is 5.91 Å². The highest BCUT2D eigenvalue weighted by Gasteiger charge is 2.04. The molecule has 2 rings (SSSR count). The van der Waals surface area contributed by atoms with Crippen molar-refractivity contribution in [1.82, 2.24) is 5.43 Å². The van der Waals surface area contributed by atoms with E-state index < -0.39 is 0 Å². The Morgan fingerprint density at radius 2 is 1.74 bits per heavy atom. The summed E-state index contributed by atoms with van der Waals surface area (Å²) < 4.78 is 5.69. The van der Waals surface area contributed by atoms with Crippen LogP contribution in [0.5, 0.6) is 5.75 Å². The first-order chi connectivity index (χ1) is 13.1. The molecule has 0 bridgehead atoms. The highest BCUT2D eigenvalue weighted by Crippen LogP contribution is 2.14. The topological polar surface area (TPSA) is 50.7 Å². The van der Waals surface area contributed by atoms with Crippen LogP contribution >= 0.6 is 0 Å². The molecule has 4 heteroatoms. The van der Waals surface area contributed by atoms with Crippen LogP contribution in [0.4, 0.5) is 0 Å². The molecule has 0 unspecified atom stereocenters. The summed E-state index contributed by atoms with van der Waals surface area (Å²) in [6, 6.07) is 15.3. The van der Waals surface area contributed by atoms with Crippen LogP contribution in [0.2, 0.25) is 0 Å². The molecule has 1 N–H and O–H groups in total. The average molecular weight is 367 g/mol. The second-order valence-electron chi connectivity index (χ2n) is 6.95. The SMILES string of the molecule is CCCCCCOc1ccc(C(=O)N/N=C/c2ccc(C(C)C)cc2)cc1. The van der Waals surface area contributed by atoms with E-state index in [1.807, 2.05) is 24.3 Å². The van der Waals surface area contributed by atoms with E-state index in [2.05, 4.69) is 43.4 Å². The summed E-state index contributed by atoms with van der Waals surface area (Å²) in [5, 5.41) is 4.04. The highest BCUT2D eigenvalue weighted by atomic mass is 16.5. The Hall–Kier alpha value is -2.62. The fourth-order valence-electron chi connectivity index (χ4n) is 2.62. The van der Waals surface area contributed by atoms with E-state index in [1.54, 1.807) is 18.3 Å². The van der Waals surface area contributed by atoms with Crippen LogP contribution in [0.15, 0.2) is 53.6 Å². The Morgan fingerprint density at radius 1 is 1.04 bits per heavy atom. The fourth-order valence-corrected chi connectivity index (χ4v) is 2.62. The normalized spacial score (nSPS) is 11.1. The van der Waals surface area contributed by atoms with Gasteiger partial charge in [0, 0.05) is 5.56 Å². The minimum absolute atomic E-state index is 0.237. The zero-order chi connectivity index (χ0) is 19.5. The highest BCUT2D eigenvalue weighted by molar-refractivity contribution is 5.95. The van der Waals surface area contributed by atoms with E-state index in [1.165, 1.54) is 24.8 Å². The molecule has 0 atom stereocenters. The number of nitrogens with one attached hydrogen (secondary N) is 1. The number of hydrogen-bond acceptors (Lipinski definition) is 3. The first-order valence-electron chi connectivity index (χ1n) is 9.76. The maximum atomic E-state index is 12.2. The van der Waals surface area contributed by atoms with E-state index in [9.17, 15) is 4.79 Å². The van der Waals surface area contributed by atoms with Gasteiger partial charge in [-0.3, -0.25) is 4.79 Å². The van der Waals surface area contributed by atoms with Crippen molar-refractivity contribution in [3.8, 4) is 5.75 Å². The van der Waals surface area contributed by atoms with Crippen molar-refractivity contribution in [2.24, 2.45) is 5.10 Å². The third-order valence-corrected chi connectivity index (χ3v) is 4.37. The van der Waals surface area contributed by atoms with Crippen LogP contribution in [0, 0.1) is 0 Å². The second kappa shape index (κ2) is 11.2. The Bertz CT molecular complexity index is 719. The van der Waals surface area contributed by atoms with Gasteiger partial charge in [-0.2, -0.15) is 5.10 Å². The second-order valence-corrected chi connectivity index (χ2v) is 6.95. The lowest BCUT2D eigenvalue weighted by atomic mass is 10.0. The Balaban J connectivity index is 1.79. The van der Waals surface area contributed by atoms with E-state index in [0.29, 0.717) is 18.1 Å². The van der Waals surface area contributed by atoms with Gasteiger partial charge in [0.25, 0.3) is 5.91 Å². The molecule has 0 saturated heterocycles. The number of hydrazone groups is 1. The van der Waals surface area contributed by atoms with Gasteiger partial charge in [-0.1, -0.05) is 64.3 Å². The van der Waals surface area contributed by atoms with Gasteiger partial charge in [-0.25, -0.2) is 5.43 Å². The number of amides is 1. The molecule has 0 aliphatic carbocycles. The molecule has 0 aliphatic rings. The quantitative estimate of drug-likeness (QED) is 0.341. The molecule has 0 saturated carbocycles. The lowest BCUT2D eigenvalue weighted by molar-refractivity contribution is 0.0955. The van der Waals surface area contributed by atoms with Gasteiger partial charge in [0.1, 0.15) is 5.75 Å². The smallest absolute Gasteiger partial charge is 0.271 e. The van der Waals surface area contributed by atoms with Crippen molar-refractivity contribution in [3.63, 3.8) is 0 Å². The summed E-state index contributed by atoms with van der Waals surface area (Å²) >= 11 is 0. The molecule has 0 aliphatic heterocycles. The van der Waals surface area contributed by atoms with Crippen molar-refractivity contribution in [2.45, 2.75) is 52.4 Å². The monoisotopic (exact) mass is 366 g/mol. The van der Waals surface area contributed by atoms with Crippen molar-refractivity contribution in [2.75, 3.05) is 6.61 Å². The van der Waals surface area contributed by atoms with Crippen LogP contribution in [0.25, 0.3) is 0 Å². The Morgan fingerprint density at radius 3 is 2.37 bits per heavy atom. The Labute approximate surface area is 162 Å². The average Bonchev–Trinajstić information content (AvgIpc) is 2.68. The van der Waals surface area contributed by atoms with Gasteiger partial charge in [0.05, 0.1) is 12.8 Å². The van der Waals surface area contributed by atoms with Crippen molar-refractivity contribution >= 4 is 12.1 Å². The van der Waals surface area contributed by atoms with Crippen LogP contribution in [-0.4, -0.2) is 18.7 Å². The standard InChI is InChI=1S/C23H30N2O2/c1-4-5-6-7-16-27-22-14-12-21(13-15-22)23(26)25-24-17-19-8-10-20(11-9-19)18(2)3/h8-15,17-18H,4-7,16H2,1-3H3,(H,25,26)/b24-17+. The van der Waals surface area contributed by atoms with Crippen LogP contribution < -0.4 is 10.2 Å². The molecule has 0 fully saturated rings. The third-order valence-electron chi connectivity index (χ3n) is 4.37. The maximum absolute atomic E-state index is 12.2. The number of rotatable bonds is 10. The number of benzene rings is 2. The first kappa shape index (κ1) is 20.7. The summed E-state index contributed by atoms with van der Waals surface area (Å²) in [5.74, 6) is 1.05. The summed E-state index contributed by atoms with van der Waals surface area (Å²) in [6.45, 7) is 7.22. The Kier molecular flexibility index (Phi) is 8.56. The number of unbranched alkanes of at least 4 members (excludes halogenated alkanes) is 3. The molecule has 4 nitrogen and oxygen atoms in total. The zero-order valence-electron chi connectivity index (χ0n) is 16.6. The molecular weight excluding hydrogens is 336 g/mol. The van der Waals surface area contributed by atoms with Gasteiger partial charge in [-0.05, 0) is 47.7 Å². The minimum atomic E-state index is -0.237. The van der Waals surface area contributed by atoms with Gasteiger partial charge in [0.15, 0.2) is 0 Å². The van der Waals surface area contributed by atoms with Crippen LogP contribution in [-0.2, 0) is 0 Å². The number of hydrogen-bond donors (Lipinski definition) is 1. The van der Waals surface area contributed by atoms with Crippen molar-refractivity contribution in [3.05, 3.63) is 65.2 Å². The molecule has 2 aromatic rings. The van der Waals surface area contributed by atoms with Gasteiger partial charge < -0.3 is 4.74 Å². The van der Waals surface area contributed by atoms with Gasteiger partial charge in [0.2, 0.25) is 0 Å². The predicted octanol–water partition coefficient (Wildman–Crippen LogP) is 5.53. The van der Waals surface area contributed by atoms with E-state index in [0.717, 1.165) is 17.7 Å². The van der Waals surface area contributed by atoms with E-state index >= 15 is 0 Å². The maximum Gasteiger partial charge on any atom is 0.271 e. The molecule has 2 aromatic carbocycles. The molecule has 1 amide bonds. The van der Waals surface area contributed by atoms with Gasteiger partial charge in [-0.15, -0.1) is 0 Å². The molecule has 0 radical (unpaired) electrons.